The van der Waals surface area contributed by atoms with Gasteiger partial charge in [0.1, 0.15) is 24.1 Å². The predicted octanol–water partition coefficient (Wildman–Crippen LogP) is -0.854. The lowest BCUT2D eigenvalue weighted by Gasteiger charge is -2.38. The van der Waals surface area contributed by atoms with Crippen molar-refractivity contribution >= 4 is 11.7 Å². The Balaban J connectivity index is 2.21. The van der Waals surface area contributed by atoms with Crippen molar-refractivity contribution in [2.45, 2.75) is 37.3 Å². The van der Waals surface area contributed by atoms with Crippen LogP contribution >= 0.6 is 0 Å². The smallest absolute Gasteiger partial charge is 0.335 e. The first kappa shape index (κ1) is 18.4. The van der Waals surface area contributed by atoms with Crippen LogP contribution in [0, 0.1) is 0 Å². The standard InChI is InChI=1S/C15H21NO8/c1-16-8-5-7(6-22-2)3-4-9(8)23-15-12(19)10(17)11(18)13(24-15)14(20)21/h3-5,10-13,15-19H,6H2,1-2H3,(H,20,21)/t10-,11?,12?,13?,15?/m1/s1. The maximum absolute atomic E-state index is 11.1. The van der Waals surface area contributed by atoms with E-state index in [2.05, 4.69) is 5.32 Å². The van der Waals surface area contributed by atoms with E-state index in [4.69, 9.17) is 19.3 Å². The molecule has 0 bridgehead atoms. The maximum atomic E-state index is 11.1. The SMILES string of the molecule is CNc1cc(COC)ccc1OC1OC(C(=O)O)C(O)[C@@H](O)C1O. The van der Waals surface area contributed by atoms with Crippen LogP contribution in [0.15, 0.2) is 18.2 Å². The van der Waals surface area contributed by atoms with Crippen molar-refractivity contribution in [3.63, 3.8) is 0 Å². The molecule has 1 aromatic carbocycles. The average Bonchev–Trinajstić information content (AvgIpc) is 2.56. The topological polar surface area (TPSA) is 138 Å². The molecular formula is C15H21NO8. The number of carboxylic acids is 1. The van der Waals surface area contributed by atoms with Crippen LogP contribution in [0.2, 0.25) is 0 Å². The summed E-state index contributed by atoms with van der Waals surface area (Å²) in [6.07, 6.45) is -8.25. The third kappa shape index (κ3) is 3.77. The van der Waals surface area contributed by atoms with Gasteiger partial charge in [-0.05, 0) is 17.7 Å². The molecule has 24 heavy (non-hydrogen) atoms. The lowest BCUT2D eigenvalue weighted by atomic mass is 9.99. The number of hydrogen-bond acceptors (Lipinski definition) is 8. The lowest BCUT2D eigenvalue weighted by Crippen LogP contribution is -2.61. The number of nitrogens with one attached hydrogen (secondary N) is 1. The van der Waals surface area contributed by atoms with Crippen molar-refractivity contribution in [2.24, 2.45) is 0 Å². The highest BCUT2D eigenvalue weighted by Crippen LogP contribution is 2.30. The summed E-state index contributed by atoms with van der Waals surface area (Å²) in [6, 6.07) is 5.09. The van der Waals surface area contributed by atoms with Gasteiger partial charge in [-0.1, -0.05) is 6.07 Å². The third-order valence-electron chi connectivity index (χ3n) is 3.68. The van der Waals surface area contributed by atoms with Gasteiger partial charge in [0, 0.05) is 14.2 Å². The van der Waals surface area contributed by atoms with Crippen LogP contribution in [0.4, 0.5) is 5.69 Å². The van der Waals surface area contributed by atoms with Crippen LogP contribution in [0.1, 0.15) is 5.56 Å². The zero-order valence-corrected chi connectivity index (χ0v) is 13.2. The number of carboxylic acid groups (broad SMARTS) is 1. The third-order valence-corrected chi connectivity index (χ3v) is 3.68. The van der Waals surface area contributed by atoms with E-state index in [0.29, 0.717) is 12.3 Å². The first-order valence-corrected chi connectivity index (χ1v) is 7.27. The highest BCUT2D eigenvalue weighted by molar-refractivity contribution is 5.73. The molecule has 0 spiro atoms. The molecule has 5 N–H and O–H groups in total. The summed E-state index contributed by atoms with van der Waals surface area (Å²) in [4.78, 5) is 11.1. The van der Waals surface area contributed by atoms with Gasteiger partial charge in [0.25, 0.3) is 0 Å². The molecule has 1 heterocycles. The molecule has 9 heteroatoms. The number of benzene rings is 1. The second kappa shape index (κ2) is 7.77. The number of methoxy groups -OCH3 is 1. The van der Waals surface area contributed by atoms with Crippen LogP contribution in [0.5, 0.6) is 5.75 Å². The minimum atomic E-state index is -1.76. The molecule has 0 aliphatic carbocycles. The number of aliphatic carboxylic acids is 1. The minimum absolute atomic E-state index is 0.286. The largest absolute Gasteiger partial charge is 0.479 e. The number of aliphatic hydroxyl groups excluding tert-OH is 3. The summed E-state index contributed by atoms with van der Waals surface area (Å²) >= 11 is 0. The fourth-order valence-corrected chi connectivity index (χ4v) is 2.41. The Morgan fingerprint density at radius 1 is 1.25 bits per heavy atom. The minimum Gasteiger partial charge on any atom is -0.479 e. The summed E-state index contributed by atoms with van der Waals surface area (Å²) < 4.78 is 15.6. The van der Waals surface area contributed by atoms with Crippen LogP contribution < -0.4 is 10.1 Å². The number of hydrogen-bond donors (Lipinski definition) is 5. The normalized spacial score (nSPS) is 30.0. The molecule has 0 radical (unpaired) electrons. The maximum Gasteiger partial charge on any atom is 0.335 e. The van der Waals surface area contributed by atoms with Crippen molar-refractivity contribution in [1.29, 1.82) is 0 Å². The van der Waals surface area contributed by atoms with E-state index in [1.54, 1.807) is 32.4 Å². The molecule has 1 aromatic rings. The fourth-order valence-electron chi connectivity index (χ4n) is 2.41. The van der Waals surface area contributed by atoms with Crippen molar-refractivity contribution in [3.05, 3.63) is 23.8 Å². The van der Waals surface area contributed by atoms with E-state index in [0.717, 1.165) is 5.56 Å². The van der Waals surface area contributed by atoms with Crippen molar-refractivity contribution in [1.82, 2.24) is 0 Å². The van der Waals surface area contributed by atoms with E-state index in [1.165, 1.54) is 0 Å². The molecule has 0 saturated carbocycles. The quantitative estimate of drug-likeness (QED) is 0.447. The Labute approximate surface area is 138 Å². The molecule has 0 amide bonds. The van der Waals surface area contributed by atoms with Gasteiger partial charge in [-0.2, -0.15) is 0 Å². The van der Waals surface area contributed by atoms with Gasteiger partial charge in [-0.25, -0.2) is 4.79 Å². The number of aliphatic hydroxyl groups is 3. The molecule has 4 unspecified atom stereocenters. The number of ether oxygens (including phenoxy) is 3. The van der Waals surface area contributed by atoms with E-state index in [9.17, 15) is 20.1 Å². The van der Waals surface area contributed by atoms with E-state index in [-0.39, 0.29) is 5.75 Å². The van der Waals surface area contributed by atoms with E-state index in [1.807, 2.05) is 0 Å². The molecule has 9 nitrogen and oxygen atoms in total. The number of carbonyl (C=O) groups is 1. The zero-order chi connectivity index (χ0) is 17.9. The second-order valence-electron chi connectivity index (χ2n) is 5.37. The summed E-state index contributed by atoms with van der Waals surface area (Å²) in [5, 5.41) is 41.4. The van der Waals surface area contributed by atoms with Gasteiger partial charge in [0.05, 0.1) is 12.3 Å². The Morgan fingerprint density at radius 2 is 1.96 bits per heavy atom. The molecule has 1 fully saturated rings. The molecular weight excluding hydrogens is 322 g/mol. The van der Waals surface area contributed by atoms with Gasteiger partial charge >= 0.3 is 5.97 Å². The van der Waals surface area contributed by atoms with Gasteiger partial charge in [-0.15, -0.1) is 0 Å². The molecule has 1 aliphatic heterocycles. The summed E-state index contributed by atoms with van der Waals surface area (Å²) in [7, 11) is 3.23. The Hall–Kier alpha value is -1.91. The first-order valence-electron chi connectivity index (χ1n) is 7.27. The molecule has 1 aliphatic rings. The number of rotatable bonds is 6. The average molecular weight is 343 g/mol. The summed E-state index contributed by atoms with van der Waals surface area (Å²) in [6.45, 7) is 0.392. The van der Waals surface area contributed by atoms with Crippen LogP contribution in [0.3, 0.4) is 0 Å². The van der Waals surface area contributed by atoms with E-state index < -0.39 is 36.7 Å². The Bertz CT molecular complexity index is 581. The number of anilines is 1. The van der Waals surface area contributed by atoms with Crippen molar-refractivity contribution in [3.8, 4) is 5.75 Å². The van der Waals surface area contributed by atoms with E-state index >= 15 is 0 Å². The highest BCUT2D eigenvalue weighted by atomic mass is 16.7. The predicted molar refractivity (Wildman–Crippen MR) is 81.6 cm³/mol. The first-order chi connectivity index (χ1) is 11.4. The van der Waals surface area contributed by atoms with Crippen molar-refractivity contribution in [2.75, 3.05) is 19.5 Å². The molecule has 5 atom stereocenters. The van der Waals surface area contributed by atoms with Crippen molar-refractivity contribution < 1.29 is 39.4 Å². The summed E-state index contributed by atoms with van der Waals surface area (Å²) in [5.41, 5.74) is 1.44. The van der Waals surface area contributed by atoms with Gasteiger partial charge in [0.2, 0.25) is 6.29 Å². The second-order valence-corrected chi connectivity index (χ2v) is 5.37. The molecule has 2 rings (SSSR count). The molecule has 1 saturated heterocycles. The summed E-state index contributed by atoms with van der Waals surface area (Å²) in [5.74, 6) is -1.18. The fraction of sp³-hybridized carbons (Fsp3) is 0.533. The Morgan fingerprint density at radius 3 is 2.54 bits per heavy atom. The van der Waals surface area contributed by atoms with Gasteiger partial charge in [-0.3, -0.25) is 0 Å². The van der Waals surface area contributed by atoms with Crippen LogP contribution in [-0.4, -0.2) is 71.3 Å². The molecule has 134 valence electrons. The van der Waals surface area contributed by atoms with Crippen LogP contribution in [-0.2, 0) is 20.9 Å². The highest BCUT2D eigenvalue weighted by Gasteiger charge is 2.48. The van der Waals surface area contributed by atoms with Crippen LogP contribution in [0.25, 0.3) is 0 Å². The zero-order valence-electron chi connectivity index (χ0n) is 13.2. The van der Waals surface area contributed by atoms with Gasteiger partial charge < -0.3 is 40.0 Å². The lowest BCUT2D eigenvalue weighted by molar-refractivity contribution is -0.271. The monoisotopic (exact) mass is 343 g/mol. The van der Waals surface area contributed by atoms with Gasteiger partial charge in [0.15, 0.2) is 6.10 Å². The Kier molecular flexibility index (Phi) is 5.97. The molecule has 0 aromatic heterocycles.